The number of anilines is 1. The van der Waals surface area contributed by atoms with Crippen LogP contribution in [0.3, 0.4) is 0 Å². The van der Waals surface area contributed by atoms with Crippen molar-refractivity contribution >= 4 is 40.8 Å². The van der Waals surface area contributed by atoms with Crippen LogP contribution in [0.4, 0.5) is 14.5 Å². The van der Waals surface area contributed by atoms with Gasteiger partial charge < -0.3 is 25.8 Å². The monoisotopic (exact) mass is 706 g/mol. The van der Waals surface area contributed by atoms with Gasteiger partial charge in [-0.3, -0.25) is 19.2 Å². The number of nitrogens with one attached hydrogen (secondary N) is 3. The smallest absolute Gasteiger partial charge is 0.339 e. The molecule has 0 spiro atoms. The van der Waals surface area contributed by atoms with E-state index in [1.165, 1.54) is 18.3 Å². The van der Waals surface area contributed by atoms with E-state index in [9.17, 15) is 19.2 Å². The predicted octanol–water partition coefficient (Wildman–Crippen LogP) is 3.88. The highest BCUT2D eigenvalue weighted by Gasteiger charge is 2.44. The van der Waals surface area contributed by atoms with Crippen LogP contribution in [-0.4, -0.2) is 88.3 Å². The van der Waals surface area contributed by atoms with Gasteiger partial charge in [0.15, 0.2) is 0 Å². The van der Waals surface area contributed by atoms with Crippen LogP contribution in [0.1, 0.15) is 71.3 Å². The molecule has 12 nitrogen and oxygen atoms in total. The van der Waals surface area contributed by atoms with E-state index in [0.717, 1.165) is 48.5 Å². The Morgan fingerprint density at radius 3 is 2.34 bits per heavy atom. The summed E-state index contributed by atoms with van der Waals surface area (Å²) in [5.74, 6) is -7.68. The molecule has 0 radical (unpaired) electrons. The number of aromatic nitrogens is 2. The largest absolute Gasteiger partial charge is 0.349 e. The number of alkyl halides is 2. The molecule has 1 aromatic heterocycles. The van der Waals surface area contributed by atoms with E-state index in [1.807, 2.05) is 14.0 Å². The minimum atomic E-state index is -3.97. The van der Waals surface area contributed by atoms with Crippen LogP contribution in [-0.2, 0) is 20.3 Å². The number of carbonyl (C=O) groups is 4. The number of nitriles is 1. The average molecular weight is 707 g/mol. The fourth-order valence-electron chi connectivity index (χ4n) is 6.40. The summed E-state index contributed by atoms with van der Waals surface area (Å²) in [6.07, 6.45) is 5.10. The molecule has 3 N–H and O–H groups in total. The van der Waals surface area contributed by atoms with Gasteiger partial charge in [0.2, 0.25) is 11.8 Å². The van der Waals surface area contributed by atoms with E-state index in [1.54, 1.807) is 35.2 Å². The zero-order valence-corrected chi connectivity index (χ0v) is 28.7. The molecule has 4 amide bonds. The molecule has 3 atom stereocenters. The lowest BCUT2D eigenvalue weighted by Crippen LogP contribution is -2.55. The van der Waals surface area contributed by atoms with E-state index in [0.29, 0.717) is 44.7 Å². The fraction of sp³-hybridized carbons (Fsp3) is 0.457. The first-order valence-corrected chi connectivity index (χ1v) is 17.4. The summed E-state index contributed by atoms with van der Waals surface area (Å²) in [5.41, 5.74) is 0.445. The van der Waals surface area contributed by atoms with Gasteiger partial charge >= 0.3 is 5.92 Å². The Morgan fingerprint density at radius 2 is 1.70 bits per heavy atom. The number of piperazine rings is 1. The molecule has 1 aliphatic heterocycles. The van der Waals surface area contributed by atoms with Crippen molar-refractivity contribution in [3.8, 4) is 6.07 Å². The van der Waals surface area contributed by atoms with Crippen LogP contribution in [0, 0.1) is 17.2 Å². The summed E-state index contributed by atoms with van der Waals surface area (Å²) in [7, 11) is 1.98. The first-order chi connectivity index (χ1) is 24.0. The third-order valence-electron chi connectivity index (χ3n) is 9.49. The predicted molar refractivity (Wildman–Crippen MR) is 182 cm³/mol. The van der Waals surface area contributed by atoms with Crippen LogP contribution in [0.2, 0.25) is 0 Å². The molecule has 50 heavy (non-hydrogen) atoms. The van der Waals surface area contributed by atoms with E-state index in [2.05, 4.69) is 30.4 Å². The van der Waals surface area contributed by atoms with Crippen molar-refractivity contribution in [2.75, 3.05) is 38.5 Å². The molecule has 264 valence electrons. The molecule has 1 saturated heterocycles. The van der Waals surface area contributed by atoms with Crippen LogP contribution in [0.5, 0.6) is 0 Å². The minimum Gasteiger partial charge on any atom is -0.339 e. The number of halogens is 2. The fourth-order valence-corrected chi connectivity index (χ4v) is 6.82. The van der Waals surface area contributed by atoms with Gasteiger partial charge in [0, 0.05) is 43.3 Å². The van der Waals surface area contributed by atoms with E-state index in [4.69, 9.17) is 5.26 Å². The van der Waals surface area contributed by atoms with Gasteiger partial charge in [-0.25, -0.2) is 0 Å². The van der Waals surface area contributed by atoms with Crippen LogP contribution < -0.4 is 16.0 Å². The van der Waals surface area contributed by atoms with Crippen molar-refractivity contribution in [2.45, 2.75) is 63.0 Å². The normalized spacial score (nSPS) is 17.5. The lowest BCUT2D eigenvalue weighted by molar-refractivity contribution is -0.149. The number of benzene rings is 2. The molecular weight excluding hydrogens is 666 g/mol. The number of carbonyl (C=O) groups excluding carboxylic acids is 4. The van der Waals surface area contributed by atoms with Crippen molar-refractivity contribution in [1.29, 1.82) is 5.26 Å². The lowest BCUT2D eigenvalue weighted by atomic mass is 9.83. The Kier molecular flexibility index (Phi) is 11.9. The van der Waals surface area contributed by atoms with Gasteiger partial charge in [0.05, 0.1) is 17.8 Å². The summed E-state index contributed by atoms with van der Waals surface area (Å²) in [5, 5.41) is 20.8. The number of hydrogen-bond donors (Lipinski definition) is 3. The van der Waals surface area contributed by atoms with Crippen molar-refractivity contribution in [2.24, 2.45) is 5.92 Å². The van der Waals surface area contributed by atoms with Crippen LogP contribution in [0.15, 0.2) is 54.7 Å². The zero-order chi connectivity index (χ0) is 35.8. The molecule has 2 heterocycles. The van der Waals surface area contributed by atoms with Gasteiger partial charge in [-0.1, -0.05) is 54.9 Å². The zero-order valence-electron chi connectivity index (χ0n) is 27.9. The van der Waals surface area contributed by atoms with Crippen molar-refractivity contribution in [1.82, 2.24) is 30.0 Å². The first-order valence-electron chi connectivity index (χ1n) is 16.6. The second-order valence-electron chi connectivity index (χ2n) is 12.9. The van der Waals surface area contributed by atoms with E-state index in [-0.39, 0.29) is 22.3 Å². The molecule has 1 aliphatic carbocycles. The molecule has 3 aromatic rings. The van der Waals surface area contributed by atoms with Crippen molar-refractivity contribution < 1.29 is 28.0 Å². The van der Waals surface area contributed by atoms with Gasteiger partial charge in [0.1, 0.15) is 17.0 Å². The topological polar surface area (TPSA) is 160 Å². The average Bonchev–Trinajstić information content (AvgIpc) is 3.69. The Bertz CT molecular complexity index is 1700. The highest BCUT2D eigenvalue weighted by Crippen LogP contribution is 2.32. The van der Waals surface area contributed by atoms with Gasteiger partial charge in [-0.05, 0) is 67.2 Å². The summed E-state index contributed by atoms with van der Waals surface area (Å²) < 4.78 is 34.4. The van der Waals surface area contributed by atoms with Gasteiger partial charge in [0.25, 0.3) is 11.8 Å². The molecule has 5 rings (SSSR count). The Hall–Kier alpha value is -4.81. The highest BCUT2D eigenvalue weighted by molar-refractivity contribution is 7.07. The first kappa shape index (κ1) is 36.5. The highest BCUT2D eigenvalue weighted by atomic mass is 32.1. The standard InChI is InChI=1S/C35H40F2N8O4S/c1-22(29(41-31(46)28-21-39-43-50-28)33(48)45-17-15-44(2)16-18-45)24-11-13-27(14-12-24)40-32(47)30(25-8-4-3-5-9-25)42-34(49)35(36,37)26-10-6-7-23(19-26)20-38/h6-7,10-14,19,21-22,25,29-30H,3-5,8-9,15-18H2,1-2H3,(H,40,47)(H,41,46)(H,42,49)/t22-,29+,30-/m0/s1. The number of rotatable bonds is 11. The molecular formula is C35H40F2N8O4S. The quantitative estimate of drug-likeness (QED) is 0.271. The Labute approximate surface area is 293 Å². The molecule has 0 bridgehead atoms. The van der Waals surface area contributed by atoms with Crippen LogP contribution >= 0.6 is 11.5 Å². The van der Waals surface area contributed by atoms with E-state index >= 15 is 8.78 Å². The number of likely N-dealkylation sites (N-methyl/N-ethyl adjacent to an activating group) is 1. The maximum Gasteiger partial charge on any atom is 0.349 e. The molecule has 2 aromatic carbocycles. The maximum atomic E-state index is 15.3. The Balaban J connectivity index is 1.31. The molecule has 2 aliphatic rings. The number of hydrogen-bond acceptors (Lipinski definition) is 9. The molecule has 15 heteroatoms. The minimum absolute atomic E-state index is 0.0104. The summed E-state index contributed by atoms with van der Waals surface area (Å²) in [4.78, 5) is 57.5. The third-order valence-corrected chi connectivity index (χ3v) is 10.1. The van der Waals surface area contributed by atoms with Gasteiger partial charge in [-0.2, -0.15) is 14.0 Å². The summed E-state index contributed by atoms with van der Waals surface area (Å²) in [6, 6.07) is 11.1. The van der Waals surface area contributed by atoms with Crippen LogP contribution in [0.25, 0.3) is 0 Å². The SMILES string of the molecule is C[C@@H](c1ccc(NC(=O)[C@@H](NC(=O)C(F)(F)c2cccc(C#N)c2)C2CCCCC2)cc1)[C@@H](NC(=O)c1cnns1)C(=O)N1CCN(C)CC1. The van der Waals surface area contributed by atoms with E-state index < -0.39 is 47.2 Å². The Morgan fingerprint density at radius 1 is 1.00 bits per heavy atom. The molecule has 0 unspecified atom stereocenters. The number of nitrogens with zero attached hydrogens (tertiary/aromatic N) is 5. The van der Waals surface area contributed by atoms with Crippen molar-refractivity contribution in [3.05, 3.63) is 76.3 Å². The maximum absolute atomic E-state index is 15.3. The molecule has 2 fully saturated rings. The summed E-state index contributed by atoms with van der Waals surface area (Å²) >= 11 is 0.929. The van der Waals surface area contributed by atoms with Crippen molar-refractivity contribution in [3.63, 3.8) is 0 Å². The summed E-state index contributed by atoms with van der Waals surface area (Å²) in [6.45, 7) is 4.31. The second kappa shape index (κ2) is 16.3. The molecule has 1 saturated carbocycles. The third kappa shape index (κ3) is 8.67. The van der Waals surface area contributed by atoms with Gasteiger partial charge in [-0.15, -0.1) is 5.10 Å². The number of amides is 4. The second-order valence-corrected chi connectivity index (χ2v) is 13.7. The lowest BCUT2D eigenvalue weighted by Gasteiger charge is -2.36.